The maximum absolute atomic E-state index is 1.58. The van der Waals surface area contributed by atoms with Crippen LogP contribution in [0.5, 0.6) is 0 Å². The molecule has 0 rings (SSSR count). The molecule has 0 aliphatic rings. The van der Waals surface area contributed by atoms with Gasteiger partial charge in [-0.05, 0) is 0 Å². The molecule has 0 aromatic carbocycles. The fourth-order valence-electron chi connectivity index (χ4n) is 0. The van der Waals surface area contributed by atoms with Crippen molar-refractivity contribution in [2.45, 2.75) is 0 Å². The largest absolute Gasteiger partial charge is 0 e. The number of rotatable bonds is 0. The van der Waals surface area contributed by atoms with E-state index in [2.05, 4.69) is 0 Å². The minimum atomic E-state index is 0. The predicted octanol–water partition coefficient (Wildman–Crippen LogP) is -2.11. The molecule has 0 saturated carbocycles. The minimum absolute atomic E-state index is 0. The molecule has 0 aromatic heterocycles. The normalized spacial score (nSPS) is 1.60. The van der Waals surface area contributed by atoms with Crippen LogP contribution in [0.2, 0.25) is 0 Å². The molecule has 0 N–H and O–H groups in total. The van der Waals surface area contributed by atoms with Crippen LogP contribution < -0.4 is 0 Å². The summed E-state index contributed by atoms with van der Waals surface area (Å²) in [7, 11) is 1.42. The van der Waals surface area contributed by atoms with Crippen LogP contribution in [0.1, 0.15) is 0 Å². The van der Waals surface area contributed by atoms with Crippen molar-refractivity contribution in [3.05, 3.63) is 0 Å². The zero-order chi connectivity index (χ0) is 2.00. The second kappa shape index (κ2) is 26.1. The van der Waals surface area contributed by atoms with Gasteiger partial charge in [-0.2, -0.15) is 0 Å². The van der Waals surface area contributed by atoms with Crippen molar-refractivity contribution < 1.29 is 58.7 Å². The van der Waals surface area contributed by atoms with Gasteiger partial charge in [-0.15, -0.1) is 0 Å². The molecule has 0 radical (unpaired) electrons. The third kappa shape index (κ3) is 18.6. The van der Waals surface area contributed by atoms with Gasteiger partial charge in [-0.3, -0.25) is 0 Å². The van der Waals surface area contributed by atoms with E-state index in [1.807, 2.05) is 0 Å². The molecular formula is H5CaCrSiTaW. The Bertz CT molecular complexity index is 11.6. The molecule has 0 aromatic rings. The second-order valence-corrected chi connectivity index (χ2v) is 0. The van der Waals surface area contributed by atoms with E-state index >= 15 is 0 Å². The summed E-state index contributed by atoms with van der Waals surface area (Å²) in [6, 6.07) is 0. The van der Waals surface area contributed by atoms with Crippen molar-refractivity contribution in [1.29, 1.82) is 0 Å². The van der Waals surface area contributed by atoms with Gasteiger partial charge in [0.1, 0.15) is 0 Å². The minimum Gasteiger partial charge on any atom is 0 e. The van der Waals surface area contributed by atoms with Gasteiger partial charge < -0.3 is 0 Å². The van der Waals surface area contributed by atoms with E-state index in [1.165, 1.54) is 8.00 Å². The zero-order valence-electron chi connectivity index (χ0n) is 2.26. The van der Waals surface area contributed by atoms with E-state index < -0.39 is 0 Å². The average molecular weight is 490 g/mol. The van der Waals surface area contributed by atoms with Crippen LogP contribution in [0.25, 0.3) is 0 Å². The zero-order valence-corrected chi connectivity index (χ0v) is 11.7. The summed E-state index contributed by atoms with van der Waals surface area (Å²) >= 11 is 1.58. The van der Waals surface area contributed by atoms with Crippen LogP contribution >= 0.6 is 0 Å². The molecule has 0 aliphatic heterocycles. The Balaban J connectivity index is -0.00000000167. The molecule has 0 atom stereocenters. The van der Waals surface area contributed by atoms with Gasteiger partial charge in [0, 0.05) is 38.4 Å². The van der Waals surface area contributed by atoms with Crippen LogP contribution in [0.4, 0.5) is 0 Å². The second-order valence-electron chi connectivity index (χ2n) is 0. The van der Waals surface area contributed by atoms with Crippen molar-refractivity contribution in [2.24, 2.45) is 0 Å². The molecule has 0 saturated heterocycles. The van der Waals surface area contributed by atoms with Gasteiger partial charge in [0.2, 0.25) is 0 Å². The number of hydrogen-bond donors (Lipinski definition) is 0. The molecule has 28 valence electrons. The summed E-state index contributed by atoms with van der Waals surface area (Å²) in [4.78, 5) is 0. The van der Waals surface area contributed by atoms with Gasteiger partial charge in [-0.1, -0.05) is 0 Å². The SMILES string of the molecule is [CaH2].[Cr].[SiH3][Ta].[W]. The van der Waals surface area contributed by atoms with Gasteiger partial charge in [0.15, 0.2) is 0 Å². The molecule has 0 nitrogen and oxygen atoms in total. The van der Waals surface area contributed by atoms with E-state index in [9.17, 15) is 0 Å². The first-order valence-corrected chi connectivity index (χ1v) is 11.0. The Morgan fingerprint density at radius 2 is 1.20 bits per heavy atom. The van der Waals surface area contributed by atoms with E-state index in [0.29, 0.717) is 0 Å². The molecule has 0 unspecified atom stereocenters. The van der Waals surface area contributed by atoms with Crippen LogP contribution in [-0.2, 0) is 58.7 Å². The third-order valence-corrected chi connectivity index (χ3v) is 0. The Morgan fingerprint density at radius 1 is 1.20 bits per heavy atom. The van der Waals surface area contributed by atoms with E-state index in [-0.39, 0.29) is 76.2 Å². The summed E-state index contributed by atoms with van der Waals surface area (Å²) in [5, 5.41) is 0. The first-order chi connectivity index (χ1) is 1.00. The molecule has 0 amide bonds. The molecule has 0 spiro atoms. The van der Waals surface area contributed by atoms with E-state index in [4.69, 9.17) is 0 Å². The van der Waals surface area contributed by atoms with Crippen LogP contribution in [0.15, 0.2) is 0 Å². The maximum Gasteiger partial charge on any atom is 0 e. The smallest absolute Gasteiger partial charge is 0 e. The third-order valence-electron chi connectivity index (χ3n) is 0. The Kier molecular flexibility index (Phi) is 124. The van der Waals surface area contributed by atoms with Crippen molar-refractivity contribution in [2.75, 3.05) is 0 Å². The molecular weight excluding hydrogens is 485 g/mol. The molecule has 5 heteroatoms. The molecule has 0 fully saturated rings. The molecule has 0 heterocycles. The number of hydrogen-bond acceptors (Lipinski definition) is 0. The van der Waals surface area contributed by atoms with E-state index in [0.717, 1.165) is 0 Å². The van der Waals surface area contributed by atoms with Crippen molar-refractivity contribution >= 4 is 45.7 Å². The monoisotopic (exact) mass is 490 g/mol. The first-order valence-electron chi connectivity index (χ1n) is 0.447. The predicted molar refractivity (Wildman–Crippen MR) is 18.5 cm³/mol. The van der Waals surface area contributed by atoms with Crippen LogP contribution in [-0.4, -0.2) is 45.7 Å². The summed E-state index contributed by atoms with van der Waals surface area (Å²) in [5.41, 5.74) is 0. The first kappa shape index (κ1) is 23.7. The Labute approximate surface area is 102 Å². The Hall–Kier alpha value is 3.44. The van der Waals surface area contributed by atoms with Gasteiger partial charge in [-0.25, -0.2) is 0 Å². The standard InChI is InChI=1S/Ca.Cr.H3Si.Ta.W.2H/h;;1H3;;;;. The summed E-state index contributed by atoms with van der Waals surface area (Å²) < 4.78 is 0. The Morgan fingerprint density at radius 3 is 1.20 bits per heavy atom. The van der Waals surface area contributed by atoms with Gasteiger partial charge >= 0.3 is 66.0 Å². The summed E-state index contributed by atoms with van der Waals surface area (Å²) in [6.07, 6.45) is 0. The van der Waals surface area contributed by atoms with Crippen LogP contribution in [0.3, 0.4) is 0 Å². The van der Waals surface area contributed by atoms with Crippen molar-refractivity contribution in [3.8, 4) is 0 Å². The average Bonchev–Trinajstić information content (AvgIpc) is 1.00. The van der Waals surface area contributed by atoms with Crippen molar-refractivity contribution in [3.63, 3.8) is 0 Å². The summed E-state index contributed by atoms with van der Waals surface area (Å²) in [5.74, 6) is 0. The fraction of sp³-hybridized carbons (Fsp3) is 0. The quantitative estimate of drug-likeness (QED) is 0.342. The summed E-state index contributed by atoms with van der Waals surface area (Å²) in [6.45, 7) is 0. The molecule has 5 heavy (non-hydrogen) atoms. The maximum atomic E-state index is 1.58. The van der Waals surface area contributed by atoms with Crippen LogP contribution in [0, 0.1) is 0 Å². The fourth-order valence-corrected chi connectivity index (χ4v) is 0. The topological polar surface area (TPSA) is 0 Å². The molecule has 0 aliphatic carbocycles. The molecule has 0 bridgehead atoms. The van der Waals surface area contributed by atoms with E-state index in [1.54, 1.807) is 20.3 Å². The van der Waals surface area contributed by atoms with Crippen molar-refractivity contribution in [1.82, 2.24) is 0 Å². The van der Waals surface area contributed by atoms with Gasteiger partial charge in [0.05, 0.1) is 0 Å². The van der Waals surface area contributed by atoms with Gasteiger partial charge in [0.25, 0.3) is 0 Å².